The van der Waals surface area contributed by atoms with Crippen LogP contribution in [0.1, 0.15) is 11.3 Å². The highest BCUT2D eigenvalue weighted by Crippen LogP contribution is 2.12. The molecule has 0 radical (unpaired) electrons. The maximum absolute atomic E-state index is 5.11. The maximum atomic E-state index is 5.11. The summed E-state index contributed by atoms with van der Waals surface area (Å²) >= 11 is 0. The quantitative estimate of drug-likeness (QED) is 0.808. The molecule has 1 aromatic carbocycles. The summed E-state index contributed by atoms with van der Waals surface area (Å²) in [7, 11) is 1.69. The molecule has 0 atom stereocenters. The van der Waals surface area contributed by atoms with Crippen molar-refractivity contribution in [2.24, 2.45) is 0 Å². The Morgan fingerprint density at radius 1 is 1.07 bits per heavy atom. The molecule has 0 bridgehead atoms. The first kappa shape index (κ1) is 9.84. The van der Waals surface area contributed by atoms with E-state index in [1.54, 1.807) is 7.11 Å². The van der Waals surface area contributed by atoms with Crippen LogP contribution in [0.2, 0.25) is 0 Å². The van der Waals surface area contributed by atoms with Crippen LogP contribution in [-0.4, -0.2) is 12.1 Å². The molecular weight excluding hydrogens is 186 g/mol. The molecule has 0 unspecified atom stereocenters. The van der Waals surface area contributed by atoms with Gasteiger partial charge in [0.1, 0.15) is 5.75 Å². The summed E-state index contributed by atoms with van der Waals surface area (Å²) in [6.07, 6.45) is 4.08. The van der Waals surface area contributed by atoms with E-state index >= 15 is 0 Å². The molecule has 78 valence electrons. The minimum absolute atomic E-state index is 0.915. The Morgan fingerprint density at radius 2 is 1.87 bits per heavy atom. The van der Waals surface area contributed by atoms with Crippen molar-refractivity contribution in [3.05, 3.63) is 53.9 Å². The zero-order valence-corrected chi connectivity index (χ0v) is 8.86. The standard InChI is InChI=1S/C13H15NO/c1-15-13-8-5-11(6-9-13)4-7-12-3-2-10-14-12/h2-3,5-6,8-10,14H,4,7H2,1H3. The fourth-order valence-corrected chi connectivity index (χ4v) is 1.59. The topological polar surface area (TPSA) is 25.0 Å². The van der Waals surface area contributed by atoms with Crippen molar-refractivity contribution in [1.29, 1.82) is 0 Å². The van der Waals surface area contributed by atoms with Gasteiger partial charge in [0.05, 0.1) is 7.11 Å². The molecule has 0 amide bonds. The molecule has 0 aliphatic rings. The van der Waals surface area contributed by atoms with Crippen molar-refractivity contribution in [2.75, 3.05) is 7.11 Å². The Balaban J connectivity index is 1.93. The number of methoxy groups -OCH3 is 1. The van der Waals surface area contributed by atoms with Gasteiger partial charge >= 0.3 is 0 Å². The number of aryl methyl sites for hydroxylation is 2. The molecule has 15 heavy (non-hydrogen) atoms. The second-order valence-corrected chi connectivity index (χ2v) is 3.54. The monoisotopic (exact) mass is 201 g/mol. The van der Waals surface area contributed by atoms with E-state index in [1.165, 1.54) is 11.3 Å². The van der Waals surface area contributed by atoms with Gasteiger partial charge in [-0.05, 0) is 42.7 Å². The summed E-state index contributed by atoms with van der Waals surface area (Å²) in [5.41, 5.74) is 2.62. The fourth-order valence-electron chi connectivity index (χ4n) is 1.59. The Labute approximate surface area is 89.9 Å². The van der Waals surface area contributed by atoms with Gasteiger partial charge in [-0.25, -0.2) is 0 Å². The molecule has 0 saturated carbocycles. The molecule has 2 nitrogen and oxygen atoms in total. The summed E-state index contributed by atoms with van der Waals surface area (Å²) in [6, 6.07) is 12.4. The highest BCUT2D eigenvalue weighted by atomic mass is 16.5. The van der Waals surface area contributed by atoms with Gasteiger partial charge in [-0.2, -0.15) is 0 Å². The van der Waals surface area contributed by atoms with Crippen LogP contribution in [0, 0.1) is 0 Å². The minimum atomic E-state index is 0.915. The Hall–Kier alpha value is -1.70. The van der Waals surface area contributed by atoms with Crippen molar-refractivity contribution < 1.29 is 4.74 Å². The summed E-state index contributed by atoms with van der Waals surface area (Å²) in [5, 5.41) is 0. The van der Waals surface area contributed by atoms with E-state index < -0.39 is 0 Å². The summed E-state index contributed by atoms with van der Waals surface area (Å²) in [5.74, 6) is 0.915. The molecule has 0 spiro atoms. The van der Waals surface area contributed by atoms with E-state index in [0.29, 0.717) is 0 Å². The average molecular weight is 201 g/mol. The second-order valence-electron chi connectivity index (χ2n) is 3.54. The van der Waals surface area contributed by atoms with E-state index in [2.05, 4.69) is 23.2 Å². The SMILES string of the molecule is COc1ccc(CCc2ccc[nH]2)cc1. The Bertz CT molecular complexity index is 389. The third kappa shape index (κ3) is 2.62. The van der Waals surface area contributed by atoms with Gasteiger partial charge in [-0.3, -0.25) is 0 Å². The Morgan fingerprint density at radius 3 is 2.47 bits per heavy atom. The van der Waals surface area contributed by atoms with Crippen molar-refractivity contribution >= 4 is 0 Å². The van der Waals surface area contributed by atoms with E-state index in [9.17, 15) is 0 Å². The molecule has 0 aliphatic heterocycles. The van der Waals surface area contributed by atoms with Crippen LogP contribution in [0.15, 0.2) is 42.6 Å². The normalized spacial score (nSPS) is 10.2. The summed E-state index contributed by atoms with van der Waals surface area (Å²) < 4.78 is 5.11. The number of aromatic nitrogens is 1. The van der Waals surface area contributed by atoms with Crippen molar-refractivity contribution in [2.45, 2.75) is 12.8 Å². The Kier molecular flexibility index (Phi) is 3.08. The van der Waals surface area contributed by atoms with Crippen LogP contribution in [0.3, 0.4) is 0 Å². The first-order valence-electron chi connectivity index (χ1n) is 5.13. The van der Waals surface area contributed by atoms with Gasteiger partial charge in [0.25, 0.3) is 0 Å². The first-order chi connectivity index (χ1) is 7.38. The van der Waals surface area contributed by atoms with Gasteiger partial charge in [-0.1, -0.05) is 12.1 Å². The van der Waals surface area contributed by atoms with Gasteiger partial charge < -0.3 is 9.72 Å². The summed E-state index contributed by atoms with van der Waals surface area (Å²) in [4.78, 5) is 3.21. The lowest BCUT2D eigenvalue weighted by Gasteiger charge is -2.02. The van der Waals surface area contributed by atoms with Crippen LogP contribution in [0.5, 0.6) is 5.75 Å². The molecule has 0 saturated heterocycles. The van der Waals surface area contributed by atoms with E-state index in [-0.39, 0.29) is 0 Å². The number of H-pyrrole nitrogens is 1. The second kappa shape index (κ2) is 4.69. The molecule has 2 heteroatoms. The molecule has 1 aromatic heterocycles. The predicted octanol–water partition coefficient (Wildman–Crippen LogP) is 2.81. The number of ether oxygens (including phenoxy) is 1. The van der Waals surface area contributed by atoms with Gasteiger partial charge in [0.15, 0.2) is 0 Å². The van der Waals surface area contributed by atoms with Crippen LogP contribution in [0.25, 0.3) is 0 Å². The highest BCUT2D eigenvalue weighted by Gasteiger charge is 1.96. The fraction of sp³-hybridized carbons (Fsp3) is 0.231. The number of benzene rings is 1. The third-order valence-electron chi connectivity index (χ3n) is 2.50. The van der Waals surface area contributed by atoms with Gasteiger partial charge in [0, 0.05) is 11.9 Å². The van der Waals surface area contributed by atoms with Gasteiger partial charge in [-0.15, -0.1) is 0 Å². The number of aromatic amines is 1. The van der Waals surface area contributed by atoms with E-state index in [1.807, 2.05) is 24.4 Å². The smallest absolute Gasteiger partial charge is 0.118 e. The number of rotatable bonds is 4. The predicted molar refractivity (Wildman–Crippen MR) is 61.2 cm³/mol. The van der Waals surface area contributed by atoms with Gasteiger partial charge in [0.2, 0.25) is 0 Å². The molecule has 0 fully saturated rings. The lowest BCUT2D eigenvalue weighted by Crippen LogP contribution is -1.91. The molecule has 2 aromatic rings. The van der Waals surface area contributed by atoms with Crippen molar-refractivity contribution in [3.8, 4) is 5.75 Å². The number of nitrogens with one attached hydrogen (secondary N) is 1. The first-order valence-corrected chi connectivity index (χ1v) is 5.13. The van der Waals surface area contributed by atoms with Crippen LogP contribution in [-0.2, 0) is 12.8 Å². The lowest BCUT2D eigenvalue weighted by molar-refractivity contribution is 0.414. The minimum Gasteiger partial charge on any atom is -0.497 e. The highest BCUT2D eigenvalue weighted by molar-refractivity contribution is 5.27. The number of hydrogen-bond donors (Lipinski definition) is 1. The van der Waals surface area contributed by atoms with Crippen LogP contribution in [0.4, 0.5) is 0 Å². The zero-order valence-electron chi connectivity index (χ0n) is 8.86. The lowest BCUT2D eigenvalue weighted by atomic mass is 10.1. The van der Waals surface area contributed by atoms with E-state index in [4.69, 9.17) is 4.74 Å². The molecule has 0 aliphatic carbocycles. The zero-order chi connectivity index (χ0) is 10.5. The molecular formula is C13H15NO. The summed E-state index contributed by atoms with van der Waals surface area (Å²) in [6.45, 7) is 0. The molecule has 1 N–H and O–H groups in total. The van der Waals surface area contributed by atoms with E-state index in [0.717, 1.165) is 18.6 Å². The molecule has 2 rings (SSSR count). The van der Waals surface area contributed by atoms with Crippen molar-refractivity contribution in [3.63, 3.8) is 0 Å². The number of hydrogen-bond acceptors (Lipinski definition) is 1. The van der Waals surface area contributed by atoms with Crippen LogP contribution >= 0.6 is 0 Å². The average Bonchev–Trinajstić information content (AvgIpc) is 2.80. The molecule has 1 heterocycles. The third-order valence-corrected chi connectivity index (χ3v) is 2.50. The maximum Gasteiger partial charge on any atom is 0.118 e. The van der Waals surface area contributed by atoms with Crippen LogP contribution < -0.4 is 4.74 Å². The van der Waals surface area contributed by atoms with Crippen molar-refractivity contribution in [1.82, 2.24) is 4.98 Å². The largest absolute Gasteiger partial charge is 0.497 e.